The fourth-order valence-corrected chi connectivity index (χ4v) is 2.62. The normalized spacial score (nSPS) is 19.5. The zero-order valence-corrected chi connectivity index (χ0v) is 10.8. The highest BCUT2D eigenvalue weighted by molar-refractivity contribution is 5.95. The highest BCUT2D eigenvalue weighted by Crippen LogP contribution is 2.28. The van der Waals surface area contributed by atoms with Crippen molar-refractivity contribution in [3.63, 3.8) is 0 Å². The number of aromatic hydroxyl groups is 2. The van der Waals surface area contributed by atoms with Gasteiger partial charge in [0.15, 0.2) is 0 Å². The number of amides is 1. The fraction of sp³-hybridized carbons (Fsp3) is 0.500. The summed E-state index contributed by atoms with van der Waals surface area (Å²) >= 11 is 0. The van der Waals surface area contributed by atoms with Crippen molar-refractivity contribution in [1.82, 2.24) is 4.90 Å². The van der Waals surface area contributed by atoms with Crippen molar-refractivity contribution < 1.29 is 15.0 Å². The van der Waals surface area contributed by atoms with Crippen molar-refractivity contribution in [3.8, 4) is 11.5 Å². The highest BCUT2D eigenvalue weighted by Gasteiger charge is 2.31. The van der Waals surface area contributed by atoms with Gasteiger partial charge in [-0.3, -0.25) is 4.79 Å². The molecule has 1 saturated heterocycles. The lowest BCUT2D eigenvalue weighted by atomic mass is 10.0. The third-order valence-electron chi connectivity index (χ3n) is 3.48. The molecule has 0 aliphatic carbocycles. The Labute approximate surface area is 107 Å². The fourth-order valence-electron chi connectivity index (χ4n) is 2.62. The lowest BCUT2D eigenvalue weighted by Gasteiger charge is -2.27. The molecule has 1 unspecified atom stereocenters. The molecule has 4 nitrogen and oxygen atoms in total. The second-order valence-corrected chi connectivity index (χ2v) is 5.19. The predicted octanol–water partition coefficient (Wildman–Crippen LogP) is 2.36. The molecule has 2 rings (SSSR count). The number of hydrogen-bond donors (Lipinski definition) is 2. The van der Waals surface area contributed by atoms with Crippen LogP contribution in [0, 0.1) is 5.92 Å². The Morgan fingerprint density at radius 1 is 1.28 bits per heavy atom. The molecule has 1 heterocycles. The topological polar surface area (TPSA) is 60.8 Å². The maximum absolute atomic E-state index is 12.4. The summed E-state index contributed by atoms with van der Waals surface area (Å²) in [6.07, 6.45) is 2.04. The molecule has 0 radical (unpaired) electrons. The van der Waals surface area contributed by atoms with Crippen LogP contribution >= 0.6 is 0 Å². The molecule has 1 atom stereocenters. The molecule has 1 aliphatic heterocycles. The van der Waals surface area contributed by atoms with Crippen molar-refractivity contribution in [2.45, 2.75) is 32.7 Å². The van der Waals surface area contributed by atoms with Gasteiger partial charge < -0.3 is 15.1 Å². The quantitative estimate of drug-likeness (QED) is 0.845. The van der Waals surface area contributed by atoms with Crippen molar-refractivity contribution in [2.75, 3.05) is 6.54 Å². The summed E-state index contributed by atoms with van der Waals surface area (Å²) in [6.45, 7) is 4.96. The zero-order chi connectivity index (χ0) is 13.3. The number of carbonyl (C=O) groups is 1. The van der Waals surface area contributed by atoms with Crippen LogP contribution < -0.4 is 0 Å². The van der Waals surface area contributed by atoms with E-state index in [2.05, 4.69) is 13.8 Å². The molecule has 1 aromatic rings. The molecule has 0 saturated carbocycles. The van der Waals surface area contributed by atoms with Gasteiger partial charge in [0.05, 0.1) is 0 Å². The van der Waals surface area contributed by atoms with E-state index in [1.807, 2.05) is 4.90 Å². The molecule has 0 aromatic heterocycles. The molecule has 0 bridgehead atoms. The van der Waals surface area contributed by atoms with Gasteiger partial charge >= 0.3 is 0 Å². The Morgan fingerprint density at radius 3 is 2.44 bits per heavy atom. The third kappa shape index (κ3) is 2.42. The van der Waals surface area contributed by atoms with E-state index in [1.165, 1.54) is 18.2 Å². The van der Waals surface area contributed by atoms with Crippen LogP contribution in [-0.4, -0.2) is 33.6 Å². The molecule has 1 amide bonds. The van der Waals surface area contributed by atoms with Crippen molar-refractivity contribution >= 4 is 5.91 Å². The van der Waals surface area contributed by atoms with Crippen LogP contribution in [0.4, 0.5) is 0 Å². The van der Waals surface area contributed by atoms with Gasteiger partial charge in [0.1, 0.15) is 11.5 Å². The molecule has 0 spiro atoms. The Morgan fingerprint density at radius 2 is 1.89 bits per heavy atom. The molecular formula is C14H19NO3. The van der Waals surface area contributed by atoms with Crippen LogP contribution in [0.1, 0.15) is 37.0 Å². The van der Waals surface area contributed by atoms with Gasteiger partial charge in [-0.1, -0.05) is 13.8 Å². The minimum absolute atomic E-state index is 0.0846. The number of hydrogen-bond acceptors (Lipinski definition) is 3. The van der Waals surface area contributed by atoms with Gasteiger partial charge in [-0.05, 0) is 30.9 Å². The first kappa shape index (κ1) is 12.7. The maximum Gasteiger partial charge on any atom is 0.254 e. The molecule has 1 fully saturated rings. The molecule has 2 N–H and O–H groups in total. The van der Waals surface area contributed by atoms with Crippen LogP contribution in [0.15, 0.2) is 18.2 Å². The van der Waals surface area contributed by atoms with Gasteiger partial charge in [-0.15, -0.1) is 0 Å². The molecule has 1 aliphatic rings. The predicted molar refractivity (Wildman–Crippen MR) is 68.7 cm³/mol. The van der Waals surface area contributed by atoms with Crippen molar-refractivity contribution in [3.05, 3.63) is 23.8 Å². The van der Waals surface area contributed by atoms with Crippen LogP contribution in [0.2, 0.25) is 0 Å². The van der Waals surface area contributed by atoms with E-state index in [1.54, 1.807) is 0 Å². The number of likely N-dealkylation sites (tertiary alicyclic amines) is 1. The number of nitrogens with zero attached hydrogens (tertiary/aromatic N) is 1. The van der Waals surface area contributed by atoms with Gasteiger partial charge in [0.2, 0.25) is 0 Å². The molecule has 4 heteroatoms. The average molecular weight is 249 g/mol. The number of phenols is 2. The van der Waals surface area contributed by atoms with Crippen molar-refractivity contribution in [1.29, 1.82) is 0 Å². The summed E-state index contributed by atoms with van der Waals surface area (Å²) in [6, 6.07) is 4.28. The minimum atomic E-state index is -0.114. The van der Waals surface area contributed by atoms with E-state index in [4.69, 9.17) is 0 Å². The minimum Gasteiger partial charge on any atom is -0.508 e. The van der Waals surface area contributed by atoms with Crippen LogP contribution in [0.3, 0.4) is 0 Å². The summed E-state index contributed by atoms with van der Waals surface area (Å²) in [7, 11) is 0. The van der Waals surface area contributed by atoms with Crippen molar-refractivity contribution in [2.24, 2.45) is 5.92 Å². The SMILES string of the molecule is CC(C)C1CCCN1C(=O)c1cc(O)cc(O)c1. The standard InChI is InChI=1S/C14H19NO3/c1-9(2)13-4-3-5-15(13)14(18)10-6-11(16)8-12(17)7-10/h6-9,13,16-17H,3-5H2,1-2H3. The van der Waals surface area contributed by atoms with E-state index in [0.717, 1.165) is 19.4 Å². The van der Waals surface area contributed by atoms with E-state index in [0.29, 0.717) is 11.5 Å². The van der Waals surface area contributed by atoms with Gasteiger partial charge in [0, 0.05) is 24.2 Å². The number of benzene rings is 1. The summed E-state index contributed by atoms with van der Waals surface area (Å²) in [4.78, 5) is 14.2. The average Bonchev–Trinajstić information content (AvgIpc) is 2.75. The number of carbonyl (C=O) groups excluding carboxylic acids is 1. The summed E-state index contributed by atoms with van der Waals surface area (Å²) < 4.78 is 0. The Kier molecular flexibility index (Phi) is 3.45. The lowest BCUT2D eigenvalue weighted by molar-refractivity contribution is 0.0700. The first-order chi connectivity index (χ1) is 8.49. The number of phenolic OH excluding ortho intramolecular Hbond substituents is 2. The molecule has 1 aromatic carbocycles. The summed E-state index contributed by atoms with van der Waals surface area (Å²) in [5.41, 5.74) is 0.347. The Balaban J connectivity index is 2.25. The van der Waals surface area contributed by atoms with Crippen LogP contribution in [0.25, 0.3) is 0 Å². The second kappa shape index (κ2) is 4.88. The maximum atomic E-state index is 12.4. The first-order valence-corrected chi connectivity index (χ1v) is 6.33. The number of rotatable bonds is 2. The van der Waals surface area contributed by atoms with Gasteiger partial charge in [-0.25, -0.2) is 0 Å². The van der Waals surface area contributed by atoms with Gasteiger partial charge in [0.25, 0.3) is 5.91 Å². The second-order valence-electron chi connectivity index (χ2n) is 5.19. The summed E-state index contributed by atoms with van der Waals surface area (Å²) in [5, 5.41) is 18.9. The lowest BCUT2D eigenvalue weighted by Crippen LogP contribution is -2.38. The Bertz CT molecular complexity index is 436. The first-order valence-electron chi connectivity index (χ1n) is 6.33. The summed E-state index contributed by atoms with van der Waals surface area (Å²) in [5.74, 6) is 0.136. The third-order valence-corrected chi connectivity index (χ3v) is 3.48. The zero-order valence-electron chi connectivity index (χ0n) is 10.8. The van der Waals surface area contributed by atoms with E-state index < -0.39 is 0 Å². The van der Waals surface area contributed by atoms with Crippen LogP contribution in [-0.2, 0) is 0 Å². The van der Waals surface area contributed by atoms with Crippen LogP contribution in [0.5, 0.6) is 11.5 Å². The molecular weight excluding hydrogens is 230 g/mol. The van der Waals surface area contributed by atoms with E-state index in [9.17, 15) is 15.0 Å². The molecule has 18 heavy (non-hydrogen) atoms. The monoisotopic (exact) mass is 249 g/mol. The van der Waals surface area contributed by atoms with E-state index in [-0.39, 0.29) is 23.4 Å². The smallest absolute Gasteiger partial charge is 0.254 e. The highest BCUT2D eigenvalue weighted by atomic mass is 16.3. The van der Waals surface area contributed by atoms with E-state index >= 15 is 0 Å². The Hall–Kier alpha value is -1.71. The largest absolute Gasteiger partial charge is 0.508 e. The molecule has 98 valence electrons. The van der Waals surface area contributed by atoms with Gasteiger partial charge in [-0.2, -0.15) is 0 Å².